The molecule has 1 rings (SSSR count). The molecule has 0 saturated heterocycles. The molecule has 2 N–H and O–H groups in total. The summed E-state index contributed by atoms with van der Waals surface area (Å²) in [4.78, 5) is 0. The SMILES string of the molecule is C=CC(C)CCC1=NN(C)NN1. The van der Waals surface area contributed by atoms with Crippen LogP contribution in [0.5, 0.6) is 0 Å². The normalized spacial score (nSPS) is 18.5. The van der Waals surface area contributed by atoms with Gasteiger partial charge in [0.05, 0.1) is 0 Å². The van der Waals surface area contributed by atoms with E-state index in [0.29, 0.717) is 5.92 Å². The molecule has 0 amide bonds. The lowest BCUT2D eigenvalue weighted by atomic mass is 10.1. The molecule has 0 bridgehead atoms. The Morgan fingerprint density at radius 2 is 2.50 bits per heavy atom. The van der Waals surface area contributed by atoms with E-state index < -0.39 is 0 Å². The second-order valence-corrected chi connectivity index (χ2v) is 3.06. The van der Waals surface area contributed by atoms with Crippen molar-refractivity contribution in [1.29, 1.82) is 0 Å². The van der Waals surface area contributed by atoms with Gasteiger partial charge in [0.1, 0.15) is 5.84 Å². The quantitative estimate of drug-likeness (QED) is 0.611. The second-order valence-electron chi connectivity index (χ2n) is 3.06. The van der Waals surface area contributed by atoms with Gasteiger partial charge in [0.15, 0.2) is 0 Å². The molecule has 0 fully saturated rings. The smallest absolute Gasteiger partial charge is 0.139 e. The summed E-state index contributed by atoms with van der Waals surface area (Å²) in [6.45, 7) is 5.89. The molecule has 0 aromatic carbocycles. The van der Waals surface area contributed by atoms with Crippen LogP contribution in [0.4, 0.5) is 0 Å². The molecular weight excluding hydrogens is 152 g/mol. The fourth-order valence-electron chi connectivity index (χ4n) is 0.971. The van der Waals surface area contributed by atoms with Gasteiger partial charge in [-0.05, 0) is 12.3 Å². The number of rotatable bonds is 4. The van der Waals surface area contributed by atoms with Gasteiger partial charge < -0.3 is 0 Å². The lowest BCUT2D eigenvalue weighted by Crippen LogP contribution is -2.36. The average molecular weight is 168 g/mol. The van der Waals surface area contributed by atoms with E-state index in [9.17, 15) is 0 Å². The first-order chi connectivity index (χ1) is 5.72. The standard InChI is InChI=1S/C8H16N4/c1-4-7(2)5-6-8-9-11-12(3)10-8/h4,7,11H,1,5-6H2,2-3H3,(H,9,10). The summed E-state index contributed by atoms with van der Waals surface area (Å²) in [7, 11) is 1.86. The molecule has 4 nitrogen and oxygen atoms in total. The highest BCUT2D eigenvalue weighted by Crippen LogP contribution is 2.07. The van der Waals surface area contributed by atoms with Gasteiger partial charge >= 0.3 is 0 Å². The van der Waals surface area contributed by atoms with E-state index in [4.69, 9.17) is 0 Å². The number of hydrazine groups is 2. The molecule has 1 aliphatic heterocycles. The predicted octanol–water partition coefficient (Wildman–Crippen LogP) is 0.857. The maximum absolute atomic E-state index is 4.19. The fourth-order valence-corrected chi connectivity index (χ4v) is 0.971. The van der Waals surface area contributed by atoms with Crippen LogP contribution in [0.15, 0.2) is 17.8 Å². The minimum absolute atomic E-state index is 0.556. The Hall–Kier alpha value is -1.03. The summed E-state index contributed by atoms with van der Waals surface area (Å²) < 4.78 is 0. The average Bonchev–Trinajstić information content (AvgIpc) is 2.47. The van der Waals surface area contributed by atoms with E-state index in [1.54, 1.807) is 5.12 Å². The number of hydrogen-bond acceptors (Lipinski definition) is 4. The Bertz CT molecular complexity index is 187. The van der Waals surface area contributed by atoms with Crippen molar-refractivity contribution in [3.8, 4) is 0 Å². The number of hydrazone groups is 1. The molecular formula is C8H16N4. The van der Waals surface area contributed by atoms with E-state index in [0.717, 1.165) is 18.7 Å². The maximum Gasteiger partial charge on any atom is 0.139 e. The zero-order valence-corrected chi connectivity index (χ0v) is 7.67. The summed E-state index contributed by atoms with van der Waals surface area (Å²) in [5.74, 6) is 1.55. The first-order valence-electron chi connectivity index (χ1n) is 4.18. The lowest BCUT2D eigenvalue weighted by molar-refractivity contribution is 0.259. The van der Waals surface area contributed by atoms with E-state index in [1.807, 2.05) is 13.1 Å². The molecule has 68 valence electrons. The highest BCUT2D eigenvalue weighted by atomic mass is 15.8. The van der Waals surface area contributed by atoms with Crippen molar-refractivity contribution in [2.45, 2.75) is 19.8 Å². The van der Waals surface area contributed by atoms with Crippen molar-refractivity contribution in [3.63, 3.8) is 0 Å². The van der Waals surface area contributed by atoms with Crippen molar-refractivity contribution in [3.05, 3.63) is 12.7 Å². The van der Waals surface area contributed by atoms with Gasteiger partial charge in [0, 0.05) is 13.5 Å². The minimum atomic E-state index is 0.556. The van der Waals surface area contributed by atoms with Gasteiger partial charge in [-0.3, -0.25) is 5.43 Å². The monoisotopic (exact) mass is 168 g/mol. The first-order valence-corrected chi connectivity index (χ1v) is 4.18. The number of amidine groups is 1. The van der Waals surface area contributed by atoms with Crippen molar-refractivity contribution >= 4 is 5.84 Å². The zero-order chi connectivity index (χ0) is 8.97. The Kier molecular flexibility index (Phi) is 3.10. The molecule has 0 aromatic rings. The van der Waals surface area contributed by atoms with Crippen molar-refractivity contribution in [1.82, 2.24) is 16.1 Å². The first kappa shape index (κ1) is 9.06. The zero-order valence-electron chi connectivity index (χ0n) is 7.67. The molecule has 12 heavy (non-hydrogen) atoms. The van der Waals surface area contributed by atoms with E-state index >= 15 is 0 Å². The second kappa shape index (κ2) is 4.11. The van der Waals surface area contributed by atoms with Crippen LogP contribution in [0.1, 0.15) is 19.8 Å². The molecule has 0 aliphatic carbocycles. The third-order valence-electron chi connectivity index (χ3n) is 1.87. The van der Waals surface area contributed by atoms with Crippen LogP contribution in [-0.4, -0.2) is 18.0 Å². The van der Waals surface area contributed by atoms with Crippen LogP contribution in [0, 0.1) is 5.92 Å². The van der Waals surface area contributed by atoms with Crippen LogP contribution in [0.2, 0.25) is 0 Å². The summed E-state index contributed by atoms with van der Waals surface area (Å²) in [6.07, 6.45) is 4.02. The molecule has 4 heteroatoms. The number of hydrogen-bond donors (Lipinski definition) is 2. The van der Waals surface area contributed by atoms with Crippen LogP contribution in [0.3, 0.4) is 0 Å². The van der Waals surface area contributed by atoms with E-state index in [-0.39, 0.29) is 0 Å². The molecule has 0 aromatic heterocycles. The molecule has 1 heterocycles. The number of allylic oxidation sites excluding steroid dienone is 1. The van der Waals surface area contributed by atoms with E-state index in [1.165, 1.54) is 0 Å². The largest absolute Gasteiger partial charge is 0.289 e. The number of nitrogens with zero attached hydrogens (tertiary/aromatic N) is 2. The minimum Gasteiger partial charge on any atom is -0.289 e. The van der Waals surface area contributed by atoms with Crippen LogP contribution < -0.4 is 11.0 Å². The summed E-state index contributed by atoms with van der Waals surface area (Å²) in [5, 5.41) is 5.85. The topological polar surface area (TPSA) is 39.7 Å². The van der Waals surface area contributed by atoms with Crippen molar-refractivity contribution in [2.75, 3.05) is 7.05 Å². The number of nitrogens with one attached hydrogen (secondary N) is 2. The Morgan fingerprint density at radius 1 is 1.75 bits per heavy atom. The van der Waals surface area contributed by atoms with Crippen molar-refractivity contribution < 1.29 is 0 Å². The summed E-state index contributed by atoms with van der Waals surface area (Å²) in [6, 6.07) is 0. The van der Waals surface area contributed by atoms with Gasteiger partial charge in [0.25, 0.3) is 0 Å². The predicted molar refractivity (Wildman–Crippen MR) is 50.1 cm³/mol. The molecule has 1 atom stereocenters. The molecule has 0 radical (unpaired) electrons. The lowest BCUT2D eigenvalue weighted by Gasteiger charge is -2.04. The van der Waals surface area contributed by atoms with Gasteiger partial charge in [-0.15, -0.1) is 17.2 Å². The summed E-state index contributed by atoms with van der Waals surface area (Å²) in [5.41, 5.74) is 5.84. The van der Waals surface area contributed by atoms with Gasteiger partial charge in [-0.25, -0.2) is 5.12 Å². The molecule has 0 saturated carbocycles. The van der Waals surface area contributed by atoms with Gasteiger partial charge in [-0.1, -0.05) is 13.0 Å². The third-order valence-corrected chi connectivity index (χ3v) is 1.87. The molecule has 1 unspecified atom stereocenters. The van der Waals surface area contributed by atoms with Crippen molar-refractivity contribution in [2.24, 2.45) is 11.0 Å². The molecule has 0 spiro atoms. The Morgan fingerprint density at radius 3 is 3.00 bits per heavy atom. The Balaban J connectivity index is 2.23. The highest BCUT2D eigenvalue weighted by Gasteiger charge is 2.08. The van der Waals surface area contributed by atoms with Gasteiger partial charge in [-0.2, -0.15) is 0 Å². The van der Waals surface area contributed by atoms with E-state index in [2.05, 4.69) is 29.6 Å². The van der Waals surface area contributed by atoms with Crippen LogP contribution >= 0.6 is 0 Å². The highest BCUT2D eigenvalue weighted by molar-refractivity contribution is 5.82. The summed E-state index contributed by atoms with van der Waals surface area (Å²) >= 11 is 0. The fraction of sp³-hybridized carbons (Fsp3) is 0.625. The maximum atomic E-state index is 4.19. The Labute approximate surface area is 73.3 Å². The van der Waals surface area contributed by atoms with Crippen LogP contribution in [-0.2, 0) is 0 Å². The van der Waals surface area contributed by atoms with Crippen LogP contribution in [0.25, 0.3) is 0 Å². The third kappa shape index (κ3) is 2.54. The molecule has 1 aliphatic rings. The van der Waals surface area contributed by atoms with Gasteiger partial charge in [0.2, 0.25) is 0 Å².